The van der Waals surface area contributed by atoms with Crippen molar-refractivity contribution in [1.29, 1.82) is 0 Å². The van der Waals surface area contributed by atoms with Crippen LogP contribution in [0.2, 0.25) is 0 Å². The zero-order chi connectivity index (χ0) is 16.7. The molecule has 0 heterocycles. The van der Waals surface area contributed by atoms with Gasteiger partial charge in [0.15, 0.2) is 5.78 Å². The van der Waals surface area contributed by atoms with Crippen LogP contribution >= 0.6 is 0 Å². The Hall–Kier alpha value is -3.14. The van der Waals surface area contributed by atoms with Crippen molar-refractivity contribution in [3.63, 3.8) is 0 Å². The van der Waals surface area contributed by atoms with Crippen LogP contribution in [0, 0.1) is 6.92 Å². The fourth-order valence-corrected chi connectivity index (χ4v) is 1.78. The van der Waals surface area contributed by atoms with E-state index in [0.29, 0.717) is 0 Å². The van der Waals surface area contributed by atoms with Crippen LogP contribution in [0.25, 0.3) is 0 Å². The molecule has 0 saturated heterocycles. The van der Waals surface area contributed by atoms with Crippen LogP contribution in [0.1, 0.15) is 5.56 Å². The number of aliphatic imine (C=N–C) groups is 1. The molecule has 0 atom stereocenters. The van der Waals surface area contributed by atoms with Gasteiger partial charge in [0.25, 0.3) is 0 Å². The van der Waals surface area contributed by atoms with Crippen LogP contribution in [-0.2, 0) is 4.79 Å². The van der Waals surface area contributed by atoms with E-state index in [-0.39, 0.29) is 11.5 Å². The van der Waals surface area contributed by atoms with Crippen molar-refractivity contribution in [3.8, 4) is 5.75 Å². The second-order valence-electron chi connectivity index (χ2n) is 4.98. The highest BCUT2D eigenvalue weighted by molar-refractivity contribution is 6.17. The summed E-state index contributed by atoms with van der Waals surface area (Å²) in [6, 6.07) is 14.4. The number of rotatable bonds is 1. The highest BCUT2D eigenvalue weighted by Gasteiger charge is 1.99. The van der Waals surface area contributed by atoms with Gasteiger partial charge in [-0.15, -0.1) is 0 Å². The van der Waals surface area contributed by atoms with E-state index in [1.54, 1.807) is 36.4 Å². The topological polar surface area (TPSA) is 75.7 Å². The first-order valence-electron chi connectivity index (χ1n) is 7.13. The molecule has 116 valence electrons. The summed E-state index contributed by atoms with van der Waals surface area (Å²) in [5.74, 6) is 0.184. The number of hydrogen-bond acceptors (Lipinski definition) is 4. The molecule has 4 nitrogen and oxygen atoms in total. The molecule has 0 amide bonds. The summed E-state index contributed by atoms with van der Waals surface area (Å²) in [4.78, 5) is 15.1. The number of carbonyl (C=O) groups excluding carboxylic acids is 1. The summed E-state index contributed by atoms with van der Waals surface area (Å²) in [6.07, 6.45) is 6.27. The lowest BCUT2D eigenvalue weighted by molar-refractivity contribution is -0.110. The summed E-state index contributed by atoms with van der Waals surface area (Å²) in [5, 5.41) is 9.08. The molecule has 23 heavy (non-hydrogen) atoms. The van der Waals surface area contributed by atoms with Crippen molar-refractivity contribution in [2.24, 2.45) is 4.99 Å². The van der Waals surface area contributed by atoms with Crippen LogP contribution in [0.3, 0.4) is 0 Å². The molecule has 0 aromatic heterocycles. The molecule has 0 aliphatic heterocycles. The molecular weight excluding hydrogens is 288 g/mol. The number of allylic oxidation sites excluding steroid dienone is 4. The lowest BCUT2D eigenvalue weighted by atomic mass is 10.1. The van der Waals surface area contributed by atoms with Crippen LogP contribution in [0.15, 0.2) is 77.8 Å². The molecule has 2 aromatic rings. The van der Waals surface area contributed by atoms with Crippen molar-refractivity contribution >= 4 is 22.9 Å². The van der Waals surface area contributed by atoms with E-state index in [0.717, 1.165) is 22.6 Å². The lowest BCUT2D eigenvalue weighted by Crippen LogP contribution is -1.98. The van der Waals surface area contributed by atoms with E-state index in [9.17, 15) is 4.79 Å². The summed E-state index contributed by atoms with van der Waals surface area (Å²) < 4.78 is 0. The molecule has 0 saturated carbocycles. The Bertz CT molecular complexity index is 733. The number of nitrogens with zero attached hydrogens (tertiary/aromatic N) is 1. The van der Waals surface area contributed by atoms with Gasteiger partial charge in [-0.25, -0.2) is 4.99 Å². The minimum absolute atomic E-state index is 0.0281. The van der Waals surface area contributed by atoms with Gasteiger partial charge in [-0.05, 0) is 67.1 Å². The van der Waals surface area contributed by atoms with E-state index in [2.05, 4.69) is 4.99 Å². The van der Waals surface area contributed by atoms with Gasteiger partial charge in [0.1, 0.15) is 5.75 Å². The minimum atomic E-state index is -0.0281. The van der Waals surface area contributed by atoms with Gasteiger partial charge in [0.2, 0.25) is 0 Å². The lowest BCUT2D eigenvalue weighted by Gasteiger charge is -1.99. The van der Waals surface area contributed by atoms with E-state index < -0.39 is 0 Å². The number of carbonyl (C=O) groups is 1. The third-order valence-electron chi connectivity index (χ3n) is 3.13. The van der Waals surface area contributed by atoms with Crippen LogP contribution in [-0.4, -0.2) is 16.6 Å². The number of aryl methyl sites for hydroxylation is 1. The number of aromatic hydroxyl groups is 1. The maximum Gasteiger partial charge on any atom is 0.178 e. The summed E-state index contributed by atoms with van der Waals surface area (Å²) in [5.41, 5.74) is 9.00. The average molecular weight is 306 g/mol. The van der Waals surface area contributed by atoms with Crippen LogP contribution in [0.5, 0.6) is 5.75 Å². The molecule has 3 N–H and O–H groups in total. The molecule has 0 radical (unpaired) electrons. The highest BCUT2D eigenvalue weighted by Crippen LogP contribution is 2.17. The second kappa shape index (κ2) is 7.75. The van der Waals surface area contributed by atoms with E-state index in [4.69, 9.17) is 10.8 Å². The van der Waals surface area contributed by atoms with E-state index in [1.807, 2.05) is 31.2 Å². The van der Waals surface area contributed by atoms with Crippen LogP contribution in [0.4, 0.5) is 11.4 Å². The quantitative estimate of drug-likeness (QED) is 0.622. The predicted molar refractivity (Wildman–Crippen MR) is 94.1 cm³/mol. The maximum atomic E-state index is 10.8. The van der Waals surface area contributed by atoms with Crippen molar-refractivity contribution < 1.29 is 9.90 Å². The standard InChI is InChI=1S/C12H9NO2.C7H9N/c14-11-5-1-9(2-6-11)13-10-3-7-12(15)8-4-10;1-6-4-2-3-5-7(6)8/h1-8,14H;2-5H,8H2,1H3. The van der Waals surface area contributed by atoms with Crippen LogP contribution < -0.4 is 5.73 Å². The summed E-state index contributed by atoms with van der Waals surface area (Å²) >= 11 is 0. The number of para-hydroxylation sites is 1. The third-order valence-corrected chi connectivity index (χ3v) is 3.13. The second-order valence-corrected chi connectivity index (χ2v) is 4.98. The number of benzene rings is 2. The first-order chi connectivity index (χ1) is 11.0. The summed E-state index contributed by atoms with van der Waals surface area (Å²) in [7, 11) is 0. The fraction of sp³-hybridized carbons (Fsp3) is 0.0526. The zero-order valence-electron chi connectivity index (χ0n) is 12.8. The molecule has 3 rings (SSSR count). The number of hydrogen-bond donors (Lipinski definition) is 2. The smallest absolute Gasteiger partial charge is 0.178 e. The number of nitrogens with two attached hydrogens (primary N) is 1. The number of phenolic OH excluding ortho intramolecular Hbond substituents is 1. The Morgan fingerprint density at radius 1 is 0.913 bits per heavy atom. The Labute approximate surface area is 135 Å². The van der Waals surface area contributed by atoms with E-state index >= 15 is 0 Å². The van der Waals surface area contributed by atoms with Gasteiger partial charge in [-0.1, -0.05) is 18.2 Å². The number of ketones is 1. The molecule has 0 spiro atoms. The van der Waals surface area contributed by atoms with Gasteiger partial charge in [0, 0.05) is 5.69 Å². The Kier molecular flexibility index (Phi) is 5.47. The molecule has 0 fully saturated rings. The van der Waals surface area contributed by atoms with Gasteiger partial charge in [0.05, 0.1) is 11.4 Å². The van der Waals surface area contributed by atoms with E-state index in [1.165, 1.54) is 12.2 Å². The minimum Gasteiger partial charge on any atom is -0.508 e. The zero-order valence-corrected chi connectivity index (χ0v) is 12.8. The average Bonchev–Trinajstić information content (AvgIpc) is 2.55. The molecule has 4 heteroatoms. The third kappa shape index (κ3) is 5.28. The Morgan fingerprint density at radius 2 is 1.52 bits per heavy atom. The van der Waals surface area contributed by atoms with Crippen molar-refractivity contribution in [2.45, 2.75) is 6.92 Å². The van der Waals surface area contributed by atoms with Crippen molar-refractivity contribution in [1.82, 2.24) is 0 Å². The normalized spacial score (nSPS) is 12.6. The van der Waals surface area contributed by atoms with Gasteiger partial charge >= 0.3 is 0 Å². The van der Waals surface area contributed by atoms with Gasteiger partial charge < -0.3 is 10.8 Å². The first kappa shape index (κ1) is 16.2. The maximum absolute atomic E-state index is 10.8. The Morgan fingerprint density at radius 3 is 2.04 bits per heavy atom. The van der Waals surface area contributed by atoms with Crippen molar-refractivity contribution in [3.05, 3.63) is 78.4 Å². The molecule has 1 aliphatic carbocycles. The summed E-state index contributed by atoms with van der Waals surface area (Å²) in [6.45, 7) is 2.00. The number of anilines is 1. The monoisotopic (exact) mass is 306 g/mol. The fourth-order valence-electron chi connectivity index (χ4n) is 1.78. The highest BCUT2D eigenvalue weighted by atomic mass is 16.3. The largest absolute Gasteiger partial charge is 0.508 e. The molecular formula is C19H18N2O2. The Balaban J connectivity index is 0.000000203. The number of phenols is 1. The molecule has 0 bridgehead atoms. The SMILES string of the molecule is Cc1ccccc1N.O=C1C=CC(=Nc2ccc(O)cc2)C=C1. The predicted octanol–water partition coefficient (Wildman–Crippen LogP) is 3.74. The molecule has 0 unspecified atom stereocenters. The molecule has 1 aliphatic rings. The van der Waals surface area contributed by atoms with Gasteiger partial charge in [-0.2, -0.15) is 0 Å². The molecule has 2 aromatic carbocycles. The van der Waals surface area contributed by atoms with Gasteiger partial charge in [-0.3, -0.25) is 4.79 Å². The first-order valence-corrected chi connectivity index (χ1v) is 7.13. The number of nitrogen functional groups attached to an aromatic ring is 1. The van der Waals surface area contributed by atoms with Crippen molar-refractivity contribution in [2.75, 3.05) is 5.73 Å².